The molecule has 0 aromatic carbocycles. The van der Waals surface area contributed by atoms with E-state index < -0.39 is 65.4 Å². The number of unbranched alkanes of at least 4 members (excludes halogenated alkanes) is 1. The molecule has 11 atom stereocenters. The number of rotatable bonds is 19. The van der Waals surface area contributed by atoms with Gasteiger partial charge in [-0.05, 0) is 79.4 Å². The smallest absolute Gasteiger partial charge is 0.411 e. The molecular weight excluding hydrogens is 698 g/mol. The Kier molecular flexibility index (Phi) is 15.2. The Balaban J connectivity index is 2.02. The Labute approximate surface area is 321 Å². The lowest BCUT2D eigenvalue weighted by atomic mass is 9.76. The minimum absolute atomic E-state index is 0.0464. The molecule has 54 heavy (non-hydrogen) atoms. The monoisotopic (exact) mass is 763 g/mol. The fourth-order valence-electron chi connectivity index (χ4n) is 8.36. The van der Waals surface area contributed by atoms with Crippen LogP contribution in [0.2, 0.25) is 0 Å². The zero-order chi connectivity index (χ0) is 40.9. The van der Waals surface area contributed by atoms with Crippen molar-refractivity contribution in [1.82, 2.24) is 9.80 Å². The maximum atomic E-state index is 14.5. The van der Waals surface area contributed by atoms with Crippen molar-refractivity contribution in [2.45, 2.75) is 155 Å². The van der Waals surface area contributed by atoms with E-state index in [2.05, 4.69) is 28.4 Å². The van der Waals surface area contributed by atoms with Crippen molar-refractivity contribution in [1.29, 1.82) is 0 Å². The number of ether oxygens (including phenoxy) is 6. The van der Waals surface area contributed by atoms with E-state index in [0.717, 1.165) is 6.42 Å². The van der Waals surface area contributed by atoms with Crippen LogP contribution in [0.4, 0.5) is 4.79 Å². The zero-order valence-electron chi connectivity index (χ0n) is 34.7. The first-order valence-corrected chi connectivity index (χ1v) is 19.2. The van der Waals surface area contributed by atoms with Crippen LogP contribution in [-0.2, 0) is 38.0 Å². The number of amides is 1. The number of ketones is 1. The van der Waals surface area contributed by atoms with E-state index in [-0.39, 0.29) is 55.4 Å². The molecule has 3 aliphatic heterocycles. The van der Waals surface area contributed by atoms with Crippen molar-refractivity contribution in [3.8, 4) is 0 Å². The Morgan fingerprint density at radius 3 is 2.41 bits per heavy atom. The Bertz CT molecular complexity index is 1460. The molecule has 306 valence electrons. The van der Waals surface area contributed by atoms with E-state index in [9.17, 15) is 19.5 Å². The second kappa shape index (κ2) is 18.2. The first-order chi connectivity index (χ1) is 25.1. The summed E-state index contributed by atoms with van der Waals surface area (Å²) in [5.41, 5.74) is 6.48. The summed E-state index contributed by atoms with van der Waals surface area (Å²) >= 11 is 0. The van der Waals surface area contributed by atoms with Crippen LogP contribution in [0.3, 0.4) is 0 Å². The molecule has 0 saturated carbocycles. The van der Waals surface area contributed by atoms with Crippen molar-refractivity contribution < 1.29 is 47.9 Å². The Morgan fingerprint density at radius 1 is 1.19 bits per heavy atom. The number of aliphatic hydroxyl groups is 1. The van der Waals surface area contributed by atoms with Gasteiger partial charge < -0.3 is 38.4 Å². The second-order valence-corrected chi connectivity index (χ2v) is 16.4. The van der Waals surface area contributed by atoms with Crippen molar-refractivity contribution in [3.05, 3.63) is 33.9 Å². The van der Waals surface area contributed by atoms with E-state index in [1.807, 2.05) is 34.9 Å². The van der Waals surface area contributed by atoms with E-state index >= 15 is 0 Å². The number of carbonyl (C=O) groups is 3. The molecule has 0 spiro atoms. The van der Waals surface area contributed by atoms with Gasteiger partial charge in [-0.2, -0.15) is 0 Å². The molecule has 0 aromatic rings. The van der Waals surface area contributed by atoms with Crippen LogP contribution < -0.4 is 0 Å². The van der Waals surface area contributed by atoms with Gasteiger partial charge in [0.05, 0.1) is 29.5 Å². The third-order valence-electron chi connectivity index (χ3n) is 11.4. The summed E-state index contributed by atoms with van der Waals surface area (Å²) in [6.45, 7) is 22.7. The van der Waals surface area contributed by atoms with E-state index in [0.29, 0.717) is 24.2 Å². The molecule has 1 amide bonds. The van der Waals surface area contributed by atoms with Crippen LogP contribution in [-0.4, -0.2) is 121 Å². The Hall–Kier alpha value is -3.20. The quantitative estimate of drug-likeness (QED) is 0.0390. The van der Waals surface area contributed by atoms with Gasteiger partial charge in [0.25, 0.3) is 0 Å². The highest BCUT2D eigenvalue weighted by Gasteiger charge is 2.57. The van der Waals surface area contributed by atoms with Crippen LogP contribution in [0.25, 0.3) is 10.4 Å². The highest BCUT2D eigenvalue weighted by atomic mass is 16.7. The largest absolute Gasteiger partial charge is 0.456 e. The molecule has 3 rings (SSSR count). The molecule has 1 N–H and O–H groups in total. The van der Waals surface area contributed by atoms with Gasteiger partial charge in [0.1, 0.15) is 11.8 Å². The fraction of sp³-hybridized carbons (Fsp3) is 0.821. The van der Waals surface area contributed by atoms with Crippen molar-refractivity contribution >= 4 is 17.8 Å². The molecule has 0 bridgehead atoms. The highest BCUT2D eigenvalue weighted by molar-refractivity contribution is 5.99. The zero-order valence-corrected chi connectivity index (χ0v) is 34.7. The SMILES string of the molecule is C=C(C(=O)[C@H](C)C[C@@](C)(OC)[C@H](O[C@@H]1OC(C)CC(N(C)C)C1C)[C@@H](C)C1=C(C)C(=O)OC(C)(C)O1)[C@H]1N(CCCCN=[N+]=[N-])C(=O)O[C@]1(C)[C@H](O)CC. The van der Waals surface area contributed by atoms with E-state index in [4.69, 9.17) is 34.0 Å². The minimum atomic E-state index is -1.44. The average molecular weight is 764 g/mol. The maximum Gasteiger partial charge on any atom is 0.411 e. The summed E-state index contributed by atoms with van der Waals surface area (Å²) in [6.07, 6.45) is -1.04. The highest BCUT2D eigenvalue weighted by Crippen LogP contribution is 2.43. The number of carbonyl (C=O) groups excluding carboxylic acids is 3. The predicted octanol–water partition coefficient (Wildman–Crippen LogP) is 6.29. The lowest BCUT2D eigenvalue weighted by molar-refractivity contribution is -0.284. The first-order valence-electron chi connectivity index (χ1n) is 19.2. The number of aliphatic hydroxyl groups excluding tert-OH is 1. The normalized spacial score (nSPS) is 30.4. The summed E-state index contributed by atoms with van der Waals surface area (Å²) in [4.78, 5) is 47.2. The molecule has 0 aliphatic carbocycles. The van der Waals surface area contributed by atoms with Gasteiger partial charge in [0.15, 0.2) is 17.7 Å². The topological polar surface area (TPSA) is 182 Å². The summed E-state index contributed by atoms with van der Waals surface area (Å²) in [5, 5.41) is 14.7. The van der Waals surface area contributed by atoms with E-state index in [1.165, 1.54) is 4.90 Å². The maximum absolute atomic E-state index is 14.5. The predicted molar refractivity (Wildman–Crippen MR) is 202 cm³/mol. The number of Topliss-reactive ketones (excluding diaryl/α,β-unsaturated/α-hetero) is 1. The summed E-state index contributed by atoms with van der Waals surface area (Å²) < 4.78 is 37.3. The summed E-state index contributed by atoms with van der Waals surface area (Å²) in [6, 6.07) is -0.786. The molecular formula is C39H65N5O10. The van der Waals surface area contributed by atoms with Crippen LogP contribution in [0.5, 0.6) is 0 Å². The van der Waals surface area contributed by atoms with E-state index in [1.54, 1.807) is 48.7 Å². The third kappa shape index (κ3) is 9.78. The van der Waals surface area contributed by atoms with Crippen LogP contribution in [0.15, 0.2) is 28.6 Å². The lowest BCUT2D eigenvalue weighted by Gasteiger charge is -2.48. The number of nitrogens with zero attached hydrogens (tertiary/aromatic N) is 5. The summed E-state index contributed by atoms with van der Waals surface area (Å²) in [7, 11) is 5.62. The molecule has 3 aliphatic rings. The van der Waals surface area contributed by atoms with Crippen molar-refractivity contribution in [2.75, 3.05) is 34.3 Å². The number of cyclic esters (lactones) is 2. The first kappa shape index (κ1) is 45.2. The molecule has 15 heteroatoms. The lowest BCUT2D eigenvalue weighted by Crippen LogP contribution is -2.56. The second-order valence-electron chi connectivity index (χ2n) is 16.4. The van der Waals surface area contributed by atoms with Gasteiger partial charge in [-0.25, -0.2) is 9.59 Å². The van der Waals surface area contributed by atoms with Crippen LogP contribution in [0.1, 0.15) is 101 Å². The third-order valence-corrected chi connectivity index (χ3v) is 11.4. The van der Waals surface area contributed by atoms with Gasteiger partial charge in [0, 0.05) is 68.3 Å². The Morgan fingerprint density at radius 2 is 1.83 bits per heavy atom. The number of esters is 1. The molecule has 0 aromatic heterocycles. The molecule has 0 radical (unpaired) electrons. The minimum Gasteiger partial charge on any atom is -0.456 e. The molecule has 15 nitrogen and oxygen atoms in total. The van der Waals surface area contributed by atoms with Crippen LogP contribution >= 0.6 is 0 Å². The number of azide groups is 1. The van der Waals surface area contributed by atoms with Gasteiger partial charge in [0.2, 0.25) is 5.79 Å². The van der Waals surface area contributed by atoms with Crippen LogP contribution in [0, 0.1) is 17.8 Å². The number of hydrogen-bond donors (Lipinski definition) is 1. The van der Waals surface area contributed by atoms with Gasteiger partial charge >= 0.3 is 12.1 Å². The average Bonchev–Trinajstić information content (AvgIpc) is 3.37. The molecule has 2 saturated heterocycles. The molecule has 3 unspecified atom stereocenters. The molecule has 2 fully saturated rings. The van der Waals surface area contributed by atoms with Crippen molar-refractivity contribution in [2.24, 2.45) is 22.9 Å². The van der Waals surface area contributed by atoms with Gasteiger partial charge in [-0.15, -0.1) is 0 Å². The number of methoxy groups -OCH3 is 1. The molecule has 3 heterocycles. The van der Waals surface area contributed by atoms with Gasteiger partial charge in [-0.1, -0.05) is 39.4 Å². The fourth-order valence-corrected chi connectivity index (χ4v) is 8.36. The van der Waals surface area contributed by atoms with Crippen molar-refractivity contribution in [3.63, 3.8) is 0 Å². The number of hydrogen-bond acceptors (Lipinski definition) is 12. The summed E-state index contributed by atoms with van der Waals surface area (Å²) in [5.74, 6) is -2.98. The standard InChI is InChI=1S/C39H65N5O10/c1-15-29(45)39(11)32(44(36(48)54-39)19-17-16-18-41-42-40)25(5)30(46)22(2)21-38(10,49-14)33(26(6)31-27(7)34(47)53-37(8,9)52-31)51-35-24(4)28(43(12)13)20-23(3)50-35/h22-24,26,28-29,32-33,35,45H,5,15-21H2,1-4,6-14H3/t22-,23?,24?,26+,28?,29-,32-,33-,35+,38-,39-/m1/s1. The van der Waals surface area contributed by atoms with Gasteiger partial charge in [-0.3, -0.25) is 9.69 Å².